The minimum absolute atomic E-state index is 0.122. The third-order valence-corrected chi connectivity index (χ3v) is 2.63. The molecule has 2 nitrogen and oxygen atoms in total. The maximum Gasteiger partial charge on any atom is 0.151 e. The van der Waals surface area contributed by atoms with Crippen molar-refractivity contribution in [1.29, 1.82) is 0 Å². The van der Waals surface area contributed by atoms with Crippen molar-refractivity contribution in [2.45, 2.75) is 19.3 Å². The third kappa shape index (κ3) is 2.38. The fraction of sp³-hybridized carbons (Fsp3) is 0.400. The molecule has 0 bridgehead atoms. The molecular formula is C10H12ClF2NO. The summed E-state index contributed by atoms with van der Waals surface area (Å²) in [4.78, 5) is 0. The van der Waals surface area contributed by atoms with Crippen molar-refractivity contribution in [3.8, 4) is 5.75 Å². The van der Waals surface area contributed by atoms with E-state index < -0.39 is 22.4 Å². The minimum Gasteiger partial charge on any atom is -0.506 e. The Kier molecular flexibility index (Phi) is 3.88. The van der Waals surface area contributed by atoms with E-state index in [1.165, 1.54) is 0 Å². The lowest BCUT2D eigenvalue weighted by molar-refractivity contribution is 0.452. The molecule has 0 aliphatic carbocycles. The molecule has 0 aromatic heterocycles. The highest BCUT2D eigenvalue weighted by molar-refractivity contribution is 6.32. The van der Waals surface area contributed by atoms with E-state index >= 15 is 0 Å². The summed E-state index contributed by atoms with van der Waals surface area (Å²) in [6.07, 6.45) is 0.453. The third-order valence-electron chi connectivity index (χ3n) is 2.27. The standard InChI is InChI=1S/C10H12ClF2NO/c1-5(2-3-14)8-6(12)4-7(15)9(11)10(8)13/h4-5,15H,2-3,14H2,1H3. The SMILES string of the molecule is CC(CCN)c1c(F)cc(O)c(Cl)c1F. The van der Waals surface area contributed by atoms with Crippen molar-refractivity contribution in [3.63, 3.8) is 0 Å². The highest BCUT2D eigenvalue weighted by Gasteiger charge is 2.21. The van der Waals surface area contributed by atoms with Gasteiger partial charge < -0.3 is 10.8 Å². The largest absolute Gasteiger partial charge is 0.506 e. The second kappa shape index (κ2) is 4.77. The van der Waals surface area contributed by atoms with Gasteiger partial charge in [0.1, 0.15) is 16.6 Å². The van der Waals surface area contributed by atoms with Gasteiger partial charge in [0.15, 0.2) is 5.82 Å². The zero-order valence-electron chi connectivity index (χ0n) is 8.23. The highest BCUT2D eigenvalue weighted by Crippen LogP contribution is 2.34. The van der Waals surface area contributed by atoms with Gasteiger partial charge in [0.05, 0.1) is 0 Å². The van der Waals surface area contributed by atoms with Crippen molar-refractivity contribution in [3.05, 3.63) is 28.3 Å². The van der Waals surface area contributed by atoms with Crippen LogP contribution in [0.25, 0.3) is 0 Å². The topological polar surface area (TPSA) is 46.2 Å². The Balaban J connectivity index is 3.23. The van der Waals surface area contributed by atoms with Crippen LogP contribution in [0.4, 0.5) is 8.78 Å². The van der Waals surface area contributed by atoms with E-state index in [0.717, 1.165) is 6.07 Å². The average molecular weight is 236 g/mol. The van der Waals surface area contributed by atoms with Crippen molar-refractivity contribution in [2.24, 2.45) is 5.73 Å². The number of nitrogens with two attached hydrogens (primary N) is 1. The predicted octanol–water partition coefficient (Wildman–Crippen LogP) is 2.78. The first-order chi connectivity index (χ1) is 6.99. The van der Waals surface area contributed by atoms with Crippen LogP contribution in [0.15, 0.2) is 6.07 Å². The summed E-state index contributed by atoms with van der Waals surface area (Å²) >= 11 is 5.48. The van der Waals surface area contributed by atoms with Crippen molar-refractivity contribution < 1.29 is 13.9 Å². The molecule has 84 valence electrons. The molecule has 1 atom stereocenters. The van der Waals surface area contributed by atoms with Crippen LogP contribution in [-0.2, 0) is 0 Å². The molecule has 3 N–H and O–H groups in total. The number of rotatable bonds is 3. The smallest absolute Gasteiger partial charge is 0.151 e. The Morgan fingerprint density at radius 2 is 2.13 bits per heavy atom. The van der Waals surface area contributed by atoms with E-state index in [1.54, 1.807) is 6.92 Å². The lowest BCUT2D eigenvalue weighted by Crippen LogP contribution is -2.08. The molecule has 0 fully saturated rings. The van der Waals surface area contributed by atoms with Crippen LogP contribution in [0.5, 0.6) is 5.75 Å². The van der Waals surface area contributed by atoms with E-state index in [1.807, 2.05) is 0 Å². The lowest BCUT2D eigenvalue weighted by Gasteiger charge is -2.14. The van der Waals surface area contributed by atoms with Crippen molar-refractivity contribution in [2.75, 3.05) is 6.54 Å². The first-order valence-corrected chi connectivity index (χ1v) is 4.93. The summed E-state index contributed by atoms with van der Waals surface area (Å²) in [6, 6.07) is 0.813. The Morgan fingerprint density at radius 1 is 1.53 bits per heavy atom. The summed E-state index contributed by atoms with van der Waals surface area (Å²) < 4.78 is 26.9. The second-order valence-corrected chi connectivity index (χ2v) is 3.78. The van der Waals surface area contributed by atoms with Gasteiger partial charge in [-0.15, -0.1) is 0 Å². The molecule has 0 amide bonds. The Labute approximate surface area is 91.7 Å². The average Bonchev–Trinajstić information content (AvgIpc) is 2.15. The summed E-state index contributed by atoms with van der Waals surface area (Å²) in [5.41, 5.74) is 5.19. The summed E-state index contributed by atoms with van der Waals surface area (Å²) in [7, 11) is 0. The molecule has 0 spiro atoms. The van der Waals surface area contributed by atoms with Gasteiger partial charge in [-0.25, -0.2) is 8.78 Å². The molecule has 0 saturated heterocycles. The van der Waals surface area contributed by atoms with Gasteiger partial charge in [0.2, 0.25) is 0 Å². The molecule has 0 saturated carbocycles. The maximum atomic E-state index is 13.5. The van der Waals surface area contributed by atoms with E-state index in [0.29, 0.717) is 13.0 Å². The quantitative estimate of drug-likeness (QED) is 0.792. The molecule has 15 heavy (non-hydrogen) atoms. The van der Waals surface area contributed by atoms with Gasteiger partial charge in [0, 0.05) is 11.6 Å². The van der Waals surface area contributed by atoms with Crippen LogP contribution < -0.4 is 5.73 Å². The normalized spacial score (nSPS) is 12.9. The maximum absolute atomic E-state index is 13.5. The van der Waals surface area contributed by atoms with Gasteiger partial charge in [-0.3, -0.25) is 0 Å². The Morgan fingerprint density at radius 3 is 2.67 bits per heavy atom. The molecule has 1 rings (SSSR count). The van der Waals surface area contributed by atoms with E-state index in [-0.39, 0.29) is 11.5 Å². The van der Waals surface area contributed by atoms with Gasteiger partial charge in [-0.05, 0) is 18.9 Å². The predicted molar refractivity (Wildman–Crippen MR) is 55.1 cm³/mol. The van der Waals surface area contributed by atoms with Gasteiger partial charge in [-0.1, -0.05) is 18.5 Å². The fourth-order valence-electron chi connectivity index (χ4n) is 1.44. The highest BCUT2D eigenvalue weighted by atomic mass is 35.5. The molecule has 0 heterocycles. The minimum atomic E-state index is -0.907. The van der Waals surface area contributed by atoms with Crippen LogP contribution in [0.2, 0.25) is 5.02 Å². The summed E-state index contributed by atoms with van der Waals surface area (Å²) in [6.45, 7) is 1.99. The Bertz CT molecular complexity index is 371. The number of hydrogen-bond donors (Lipinski definition) is 2. The van der Waals surface area contributed by atoms with Crippen LogP contribution >= 0.6 is 11.6 Å². The number of aromatic hydroxyl groups is 1. The number of halogens is 3. The van der Waals surface area contributed by atoms with Gasteiger partial charge in [0.25, 0.3) is 0 Å². The first-order valence-electron chi connectivity index (χ1n) is 4.55. The molecule has 0 aliphatic rings. The number of phenols is 1. The number of benzene rings is 1. The zero-order chi connectivity index (χ0) is 11.6. The molecule has 1 unspecified atom stereocenters. The molecule has 5 heteroatoms. The number of phenolic OH excluding ortho intramolecular Hbond substituents is 1. The van der Waals surface area contributed by atoms with Gasteiger partial charge >= 0.3 is 0 Å². The molecule has 1 aromatic carbocycles. The lowest BCUT2D eigenvalue weighted by atomic mass is 9.96. The van der Waals surface area contributed by atoms with E-state index in [4.69, 9.17) is 22.4 Å². The zero-order valence-corrected chi connectivity index (χ0v) is 8.98. The van der Waals surface area contributed by atoms with Crippen LogP contribution in [0.1, 0.15) is 24.8 Å². The molecule has 1 aromatic rings. The van der Waals surface area contributed by atoms with E-state index in [2.05, 4.69) is 0 Å². The van der Waals surface area contributed by atoms with Crippen LogP contribution in [0.3, 0.4) is 0 Å². The van der Waals surface area contributed by atoms with Gasteiger partial charge in [-0.2, -0.15) is 0 Å². The first kappa shape index (κ1) is 12.2. The fourth-order valence-corrected chi connectivity index (χ4v) is 1.60. The molecule has 0 aliphatic heterocycles. The van der Waals surface area contributed by atoms with Crippen LogP contribution in [-0.4, -0.2) is 11.7 Å². The second-order valence-electron chi connectivity index (χ2n) is 3.40. The molecular weight excluding hydrogens is 224 g/mol. The summed E-state index contributed by atoms with van der Waals surface area (Å²) in [5, 5.41) is 8.63. The monoisotopic (exact) mass is 235 g/mol. The Hall–Kier alpha value is -0.870. The van der Waals surface area contributed by atoms with Crippen LogP contribution in [0, 0.1) is 11.6 Å². The van der Waals surface area contributed by atoms with E-state index in [9.17, 15) is 8.78 Å². The van der Waals surface area contributed by atoms with Crippen molar-refractivity contribution in [1.82, 2.24) is 0 Å². The van der Waals surface area contributed by atoms with Crippen molar-refractivity contribution >= 4 is 11.6 Å². The number of hydrogen-bond acceptors (Lipinski definition) is 2. The summed E-state index contributed by atoms with van der Waals surface area (Å²) in [5.74, 6) is -2.66. The molecule has 0 radical (unpaired) electrons.